The number of fused-ring (bicyclic) bond motifs is 2. The van der Waals surface area contributed by atoms with Crippen molar-refractivity contribution in [1.82, 2.24) is 10.2 Å². The number of nitrogens with zero attached hydrogens (tertiary/aromatic N) is 1. The van der Waals surface area contributed by atoms with Crippen LogP contribution in [0.25, 0.3) is 0 Å². The lowest BCUT2D eigenvalue weighted by atomic mass is 9.90. The Morgan fingerprint density at radius 3 is 2.67 bits per heavy atom. The van der Waals surface area contributed by atoms with E-state index >= 15 is 0 Å². The highest BCUT2D eigenvalue weighted by atomic mass is 19.1. The molecule has 1 aromatic carbocycles. The largest absolute Gasteiger partial charge is 0.390 e. The second-order valence-electron chi connectivity index (χ2n) is 7.60. The van der Waals surface area contributed by atoms with E-state index in [1.165, 1.54) is 12.1 Å². The van der Waals surface area contributed by atoms with Crippen molar-refractivity contribution < 1.29 is 23.8 Å². The van der Waals surface area contributed by atoms with Gasteiger partial charge in [-0.2, -0.15) is 0 Å². The molecule has 3 aliphatic heterocycles. The fraction of sp³-hybridized carbons (Fsp3) is 0.632. The van der Waals surface area contributed by atoms with Crippen molar-refractivity contribution >= 4 is 5.91 Å². The zero-order valence-electron chi connectivity index (χ0n) is 15.1. The molecule has 7 nitrogen and oxygen atoms in total. The normalized spacial score (nSPS) is 34.7. The molecule has 0 unspecified atom stereocenters. The Balaban J connectivity index is 1.41. The van der Waals surface area contributed by atoms with Gasteiger partial charge in [-0.05, 0) is 43.6 Å². The van der Waals surface area contributed by atoms with Crippen LogP contribution >= 0.6 is 0 Å². The van der Waals surface area contributed by atoms with E-state index in [2.05, 4.69) is 10.2 Å². The third-order valence-electron chi connectivity index (χ3n) is 5.94. The Labute approximate surface area is 157 Å². The van der Waals surface area contributed by atoms with Crippen LogP contribution in [0.4, 0.5) is 4.39 Å². The maximum absolute atomic E-state index is 13.1. The van der Waals surface area contributed by atoms with Gasteiger partial charge in [0.2, 0.25) is 5.91 Å². The molecule has 3 fully saturated rings. The number of primary amides is 1. The minimum Gasteiger partial charge on any atom is -0.390 e. The predicted molar refractivity (Wildman–Crippen MR) is 94.9 cm³/mol. The van der Waals surface area contributed by atoms with Crippen LogP contribution in [0.3, 0.4) is 0 Å². The second-order valence-corrected chi connectivity index (χ2v) is 7.60. The molecule has 148 valence electrons. The number of carbonyl (C=O) groups is 1. The average molecular weight is 379 g/mol. The molecule has 1 aromatic rings. The third-order valence-corrected chi connectivity index (χ3v) is 5.94. The standard InChI is InChI=1S/C19H26FN3O4/c20-13-3-1-11(2-4-13)9-22-15-14-10-26-19(27-14)16(17(15)24)23-7-5-12(6-8-23)18(21)25/h1-4,12,14-17,19,22,24H,5-10H2,(H2,21,25)/t14-,15-,16-,17+,19-/m1/s1. The average Bonchev–Trinajstić information content (AvgIpc) is 3.08. The van der Waals surface area contributed by atoms with Crippen molar-refractivity contribution in [3.63, 3.8) is 0 Å². The number of ether oxygens (including phenoxy) is 2. The first-order valence-electron chi connectivity index (χ1n) is 9.49. The smallest absolute Gasteiger partial charge is 0.220 e. The topological polar surface area (TPSA) is 97.1 Å². The lowest BCUT2D eigenvalue weighted by Crippen LogP contribution is -2.65. The molecule has 4 rings (SSSR count). The molecule has 0 saturated carbocycles. The van der Waals surface area contributed by atoms with Crippen LogP contribution in [0.15, 0.2) is 24.3 Å². The number of amides is 1. The van der Waals surface area contributed by atoms with E-state index in [9.17, 15) is 14.3 Å². The number of hydrogen-bond acceptors (Lipinski definition) is 6. The van der Waals surface area contributed by atoms with Crippen LogP contribution in [0.2, 0.25) is 0 Å². The van der Waals surface area contributed by atoms with Crippen LogP contribution in [0.5, 0.6) is 0 Å². The summed E-state index contributed by atoms with van der Waals surface area (Å²) in [5.74, 6) is -0.634. The van der Waals surface area contributed by atoms with Crippen molar-refractivity contribution in [1.29, 1.82) is 0 Å². The number of nitrogens with two attached hydrogens (primary N) is 1. The van der Waals surface area contributed by atoms with Gasteiger partial charge in [-0.25, -0.2) is 4.39 Å². The maximum Gasteiger partial charge on any atom is 0.220 e. The molecular weight excluding hydrogens is 353 g/mol. The number of piperidine rings is 1. The van der Waals surface area contributed by atoms with Gasteiger partial charge in [0.25, 0.3) is 0 Å². The molecule has 8 heteroatoms. The van der Waals surface area contributed by atoms with E-state index in [1.54, 1.807) is 12.1 Å². The summed E-state index contributed by atoms with van der Waals surface area (Å²) in [7, 11) is 0. The number of likely N-dealkylation sites (tertiary alicyclic amines) is 1. The number of hydrogen-bond donors (Lipinski definition) is 3. The van der Waals surface area contributed by atoms with E-state index < -0.39 is 12.4 Å². The van der Waals surface area contributed by atoms with Crippen LogP contribution in [0.1, 0.15) is 18.4 Å². The first kappa shape index (κ1) is 18.8. The molecule has 4 N–H and O–H groups in total. The number of carbonyl (C=O) groups excluding carboxylic acids is 1. The van der Waals surface area contributed by atoms with Gasteiger partial charge in [-0.15, -0.1) is 0 Å². The van der Waals surface area contributed by atoms with Gasteiger partial charge in [0.05, 0.1) is 24.8 Å². The Bertz CT molecular complexity index is 665. The van der Waals surface area contributed by atoms with Crippen molar-refractivity contribution in [2.24, 2.45) is 11.7 Å². The highest BCUT2D eigenvalue weighted by Gasteiger charge is 2.52. The monoisotopic (exact) mass is 379 g/mol. The SMILES string of the molecule is NC(=O)C1CCN([C@H]2[C@@H]3OC[C@@H](O3)[C@@H](NCc3ccc(F)cc3)[C@@H]2O)CC1. The molecule has 3 heterocycles. The van der Waals surface area contributed by atoms with Crippen LogP contribution in [-0.4, -0.2) is 66.2 Å². The molecule has 5 atom stereocenters. The van der Waals surface area contributed by atoms with Crippen LogP contribution < -0.4 is 11.1 Å². The molecular formula is C19H26FN3O4. The predicted octanol–water partition coefficient (Wildman–Crippen LogP) is -0.0342. The second kappa shape index (κ2) is 7.81. The van der Waals surface area contributed by atoms with Gasteiger partial charge >= 0.3 is 0 Å². The van der Waals surface area contributed by atoms with E-state index in [0.29, 0.717) is 39.1 Å². The Hall–Kier alpha value is -1.58. The van der Waals surface area contributed by atoms with Gasteiger partial charge in [0.15, 0.2) is 6.29 Å². The summed E-state index contributed by atoms with van der Waals surface area (Å²) in [5.41, 5.74) is 6.35. The van der Waals surface area contributed by atoms with E-state index in [0.717, 1.165) is 5.56 Å². The van der Waals surface area contributed by atoms with Gasteiger partial charge in [0, 0.05) is 12.5 Å². The molecule has 0 spiro atoms. The summed E-state index contributed by atoms with van der Waals surface area (Å²) in [6.07, 6.45) is 0.0239. The van der Waals surface area contributed by atoms with Crippen molar-refractivity contribution in [3.05, 3.63) is 35.6 Å². The number of aliphatic hydroxyl groups excluding tert-OH is 1. The van der Waals surface area contributed by atoms with Gasteiger partial charge in [-0.3, -0.25) is 9.69 Å². The van der Waals surface area contributed by atoms with E-state index in [1.807, 2.05) is 0 Å². The fourth-order valence-corrected chi connectivity index (χ4v) is 4.36. The number of aliphatic hydroxyl groups is 1. The molecule has 27 heavy (non-hydrogen) atoms. The molecule has 0 aromatic heterocycles. The third kappa shape index (κ3) is 3.86. The Morgan fingerprint density at radius 1 is 1.30 bits per heavy atom. The molecule has 3 aliphatic rings. The van der Waals surface area contributed by atoms with E-state index in [-0.39, 0.29) is 35.8 Å². The van der Waals surface area contributed by atoms with Crippen molar-refractivity contribution in [3.8, 4) is 0 Å². The van der Waals surface area contributed by atoms with E-state index in [4.69, 9.17) is 15.2 Å². The number of rotatable bonds is 5. The van der Waals surface area contributed by atoms with Crippen LogP contribution in [0, 0.1) is 11.7 Å². The molecule has 0 aliphatic carbocycles. The summed E-state index contributed by atoms with van der Waals surface area (Å²) >= 11 is 0. The molecule has 3 saturated heterocycles. The summed E-state index contributed by atoms with van der Waals surface area (Å²) in [6, 6.07) is 5.71. The van der Waals surface area contributed by atoms with Crippen molar-refractivity contribution in [2.75, 3.05) is 19.7 Å². The first-order valence-corrected chi connectivity index (χ1v) is 9.49. The molecule has 0 radical (unpaired) electrons. The zero-order chi connectivity index (χ0) is 19.0. The minimum absolute atomic E-state index is 0.104. The van der Waals surface area contributed by atoms with Crippen LogP contribution in [-0.2, 0) is 20.8 Å². The Kier molecular flexibility index (Phi) is 5.43. The van der Waals surface area contributed by atoms with Crippen molar-refractivity contribution in [2.45, 2.75) is 50.0 Å². The lowest BCUT2D eigenvalue weighted by Gasteiger charge is -2.46. The number of benzene rings is 1. The summed E-state index contributed by atoms with van der Waals surface area (Å²) < 4.78 is 24.8. The number of halogens is 1. The van der Waals surface area contributed by atoms with Gasteiger partial charge in [-0.1, -0.05) is 12.1 Å². The summed E-state index contributed by atoms with van der Waals surface area (Å²) in [4.78, 5) is 13.5. The summed E-state index contributed by atoms with van der Waals surface area (Å²) in [5, 5.41) is 14.4. The maximum atomic E-state index is 13.1. The summed E-state index contributed by atoms with van der Waals surface area (Å²) in [6.45, 7) is 2.28. The van der Waals surface area contributed by atoms with Gasteiger partial charge in [0.1, 0.15) is 11.9 Å². The minimum atomic E-state index is -0.665. The highest BCUT2D eigenvalue weighted by molar-refractivity contribution is 5.76. The first-order chi connectivity index (χ1) is 13.0. The Morgan fingerprint density at radius 2 is 2.00 bits per heavy atom. The van der Waals surface area contributed by atoms with Gasteiger partial charge < -0.3 is 25.6 Å². The lowest BCUT2D eigenvalue weighted by molar-refractivity contribution is -0.186. The highest BCUT2D eigenvalue weighted by Crippen LogP contribution is 2.33. The number of nitrogens with one attached hydrogen (secondary N) is 1. The molecule has 1 amide bonds. The fourth-order valence-electron chi connectivity index (χ4n) is 4.36. The molecule has 2 bridgehead atoms. The quantitative estimate of drug-likeness (QED) is 0.665. The zero-order valence-corrected chi connectivity index (χ0v) is 15.1.